The summed E-state index contributed by atoms with van der Waals surface area (Å²) in [5.74, 6) is 0. The van der Waals surface area contributed by atoms with E-state index in [1.165, 1.54) is 0 Å². The van der Waals surface area contributed by atoms with Gasteiger partial charge >= 0.3 is 0 Å². The van der Waals surface area contributed by atoms with Crippen LogP contribution in [0.25, 0.3) is 17.5 Å². The first-order chi connectivity index (χ1) is 8.80. The highest BCUT2D eigenvalue weighted by Gasteiger charge is 2.23. The minimum atomic E-state index is 0.507. The Morgan fingerprint density at radius 3 is 2.56 bits per heavy atom. The topological polar surface area (TPSA) is 69.3 Å². The first kappa shape index (κ1) is 10.2. The van der Waals surface area contributed by atoms with Crippen molar-refractivity contribution in [2.24, 2.45) is 0 Å². The van der Waals surface area contributed by atoms with Gasteiger partial charge in [-0.15, -0.1) is 4.68 Å². The van der Waals surface area contributed by atoms with Crippen LogP contribution in [-0.2, 0) is 6.54 Å². The second-order valence-electron chi connectivity index (χ2n) is 3.98. The summed E-state index contributed by atoms with van der Waals surface area (Å²) in [5.41, 5.74) is 3.10. The molecule has 0 unspecified atom stereocenters. The average molecular weight is 234 g/mol. The fourth-order valence-electron chi connectivity index (χ4n) is 1.88. The van der Waals surface area contributed by atoms with Crippen LogP contribution in [0.2, 0.25) is 0 Å². The van der Waals surface area contributed by atoms with E-state index in [0.29, 0.717) is 17.7 Å². The number of nitrogens with zero attached hydrogens (tertiary/aromatic N) is 5. The van der Waals surface area contributed by atoms with E-state index in [-0.39, 0.29) is 0 Å². The van der Waals surface area contributed by atoms with Crippen molar-refractivity contribution in [3.63, 3.8) is 0 Å². The fraction of sp³-hybridized carbons (Fsp3) is 0.0769. The zero-order valence-corrected chi connectivity index (χ0v) is 9.41. The predicted molar refractivity (Wildman–Crippen MR) is 62.5 cm³/mol. The number of rotatable bonds is 1. The van der Waals surface area contributed by atoms with Gasteiger partial charge in [0.1, 0.15) is 18.8 Å². The van der Waals surface area contributed by atoms with Crippen LogP contribution in [0.4, 0.5) is 0 Å². The van der Waals surface area contributed by atoms with Crippen LogP contribution in [0, 0.1) is 22.7 Å². The Hall–Kier alpha value is -2.92. The van der Waals surface area contributed by atoms with Crippen molar-refractivity contribution in [2.75, 3.05) is 0 Å². The van der Waals surface area contributed by atoms with E-state index >= 15 is 0 Å². The number of hydrogen-bond donors (Lipinski definition) is 0. The van der Waals surface area contributed by atoms with Gasteiger partial charge in [0.15, 0.2) is 6.20 Å². The van der Waals surface area contributed by atoms with Crippen LogP contribution in [-0.4, -0.2) is 9.90 Å². The first-order valence-electron chi connectivity index (χ1n) is 5.41. The molecule has 5 nitrogen and oxygen atoms in total. The molecular weight excluding hydrogens is 226 g/mol. The standard InChI is InChI=1S/C13H8N5/c14-5-10-1-3-12(4-2-10)13-9-17-7-11(6-15)8-18(17)16-13/h1-4,7,9H,8H2/q+1. The van der Waals surface area contributed by atoms with Gasteiger partial charge in [0.25, 0.3) is 0 Å². The first-order valence-corrected chi connectivity index (χ1v) is 5.41. The molecule has 0 atom stereocenters. The molecule has 5 heteroatoms. The van der Waals surface area contributed by atoms with Crippen LogP contribution < -0.4 is 4.68 Å². The summed E-state index contributed by atoms with van der Waals surface area (Å²) in [6.07, 6.45) is 3.63. The second-order valence-corrected chi connectivity index (χ2v) is 3.98. The van der Waals surface area contributed by atoms with Crippen molar-refractivity contribution in [3.8, 4) is 23.4 Å². The molecule has 0 saturated carbocycles. The van der Waals surface area contributed by atoms with Gasteiger partial charge < -0.3 is 0 Å². The number of nitriles is 2. The van der Waals surface area contributed by atoms with Gasteiger partial charge in [0.2, 0.25) is 5.69 Å². The largest absolute Gasteiger partial charge is 0.249 e. The minimum Gasteiger partial charge on any atom is -0.193 e. The molecule has 0 spiro atoms. The molecule has 0 fully saturated rings. The van der Waals surface area contributed by atoms with Crippen molar-refractivity contribution < 1.29 is 4.68 Å². The van der Waals surface area contributed by atoms with Crippen molar-refractivity contribution >= 4 is 6.20 Å². The molecule has 0 aliphatic carbocycles. The maximum atomic E-state index is 8.80. The van der Waals surface area contributed by atoms with Gasteiger partial charge in [-0.2, -0.15) is 10.5 Å². The van der Waals surface area contributed by atoms with E-state index in [9.17, 15) is 0 Å². The summed E-state index contributed by atoms with van der Waals surface area (Å²) in [7, 11) is 0. The van der Waals surface area contributed by atoms with Gasteiger partial charge in [0.05, 0.1) is 17.2 Å². The number of benzene rings is 1. The van der Waals surface area contributed by atoms with E-state index < -0.39 is 0 Å². The molecule has 0 N–H and O–H groups in total. The van der Waals surface area contributed by atoms with E-state index in [1.54, 1.807) is 27.8 Å². The maximum absolute atomic E-state index is 8.80. The predicted octanol–water partition coefficient (Wildman–Crippen LogP) is 1.09. The molecule has 3 rings (SSSR count). The summed E-state index contributed by atoms with van der Waals surface area (Å²) >= 11 is 0. The lowest BCUT2D eigenvalue weighted by Gasteiger charge is -1.90. The number of aromatic nitrogens is 3. The van der Waals surface area contributed by atoms with Crippen LogP contribution in [0.3, 0.4) is 0 Å². The van der Waals surface area contributed by atoms with E-state index in [0.717, 1.165) is 11.3 Å². The van der Waals surface area contributed by atoms with Gasteiger partial charge in [-0.3, -0.25) is 0 Å². The lowest BCUT2D eigenvalue weighted by Crippen LogP contribution is -2.32. The quantitative estimate of drug-likeness (QED) is 0.693. The lowest BCUT2D eigenvalue weighted by molar-refractivity contribution is -0.658. The summed E-state index contributed by atoms with van der Waals surface area (Å²) in [4.78, 5) is 1.73. The molecule has 0 bridgehead atoms. The van der Waals surface area contributed by atoms with Crippen LogP contribution >= 0.6 is 0 Å². The van der Waals surface area contributed by atoms with Gasteiger partial charge in [-0.25, -0.2) is 0 Å². The van der Waals surface area contributed by atoms with Gasteiger partial charge in [0, 0.05) is 10.7 Å². The second kappa shape index (κ2) is 3.83. The van der Waals surface area contributed by atoms with Crippen molar-refractivity contribution in [1.29, 1.82) is 10.5 Å². The smallest absolute Gasteiger partial charge is 0.193 e. The molecule has 0 radical (unpaired) electrons. The lowest BCUT2D eigenvalue weighted by atomic mass is 10.1. The normalized spacial score (nSPS) is 12.4. The third kappa shape index (κ3) is 1.55. The summed E-state index contributed by atoms with van der Waals surface area (Å²) < 4.78 is 1.80. The van der Waals surface area contributed by atoms with Gasteiger partial charge in [-0.05, 0) is 29.1 Å². The Bertz CT molecular complexity index is 722. The number of allylic oxidation sites excluding steroid dienone is 1. The van der Waals surface area contributed by atoms with Crippen LogP contribution in [0.1, 0.15) is 5.56 Å². The van der Waals surface area contributed by atoms with Crippen molar-refractivity contribution in [3.05, 3.63) is 41.6 Å². The molecule has 2 aromatic rings. The Balaban J connectivity index is 1.98. The highest BCUT2D eigenvalue weighted by atomic mass is 15.6. The fourth-order valence-corrected chi connectivity index (χ4v) is 1.88. The van der Waals surface area contributed by atoms with Crippen LogP contribution in [0.15, 0.2) is 36.0 Å². The molecule has 2 heterocycles. The zero-order chi connectivity index (χ0) is 12.5. The van der Waals surface area contributed by atoms with Crippen molar-refractivity contribution in [1.82, 2.24) is 9.90 Å². The average Bonchev–Trinajstić information content (AvgIpc) is 2.96. The summed E-state index contributed by atoms with van der Waals surface area (Å²) in [5, 5.41) is 21.9. The third-order valence-electron chi connectivity index (χ3n) is 2.80. The van der Waals surface area contributed by atoms with Crippen LogP contribution in [0.5, 0.6) is 0 Å². The van der Waals surface area contributed by atoms with Gasteiger partial charge in [-0.1, -0.05) is 0 Å². The number of hydrogen-bond acceptors (Lipinski definition) is 3. The Labute approximate surface area is 103 Å². The molecular formula is C13H8N5+. The monoisotopic (exact) mass is 234 g/mol. The molecule has 0 saturated heterocycles. The number of fused-ring (bicyclic) bond motifs is 1. The SMILES string of the molecule is N#CC1=C[n+]2cc(-c3ccc(C#N)cc3)nn2C1. The molecule has 1 aromatic heterocycles. The Morgan fingerprint density at radius 2 is 1.94 bits per heavy atom. The maximum Gasteiger partial charge on any atom is 0.249 e. The zero-order valence-electron chi connectivity index (χ0n) is 9.41. The molecule has 84 valence electrons. The van der Waals surface area contributed by atoms with E-state index in [1.807, 2.05) is 18.3 Å². The molecule has 1 aliphatic heterocycles. The Morgan fingerprint density at radius 1 is 1.17 bits per heavy atom. The Kier molecular flexibility index (Phi) is 2.18. The minimum absolute atomic E-state index is 0.507. The highest BCUT2D eigenvalue weighted by Crippen LogP contribution is 2.17. The summed E-state index contributed by atoms with van der Waals surface area (Å²) in [6.45, 7) is 0.507. The third-order valence-corrected chi connectivity index (χ3v) is 2.80. The van der Waals surface area contributed by atoms with Crippen molar-refractivity contribution in [2.45, 2.75) is 6.54 Å². The molecule has 1 aromatic carbocycles. The molecule has 18 heavy (non-hydrogen) atoms. The van der Waals surface area contributed by atoms with E-state index in [2.05, 4.69) is 17.2 Å². The summed E-state index contributed by atoms with van der Waals surface area (Å²) in [6, 6.07) is 11.5. The molecule has 0 amide bonds. The molecule has 1 aliphatic rings. The highest BCUT2D eigenvalue weighted by molar-refractivity contribution is 5.58. The van der Waals surface area contributed by atoms with E-state index in [4.69, 9.17) is 10.5 Å².